The minimum atomic E-state index is -1.39. The van der Waals surface area contributed by atoms with Gasteiger partial charge in [0.15, 0.2) is 0 Å². The molecule has 1 heterocycles. The molecule has 0 spiro atoms. The predicted octanol–water partition coefficient (Wildman–Crippen LogP) is 4.56. The van der Waals surface area contributed by atoms with Gasteiger partial charge in [0.05, 0.1) is 13.5 Å². The molecule has 0 saturated carbocycles. The lowest BCUT2D eigenvalue weighted by atomic mass is 9.82. The SMILES string of the molecule is COC(=O)C[C@H](NC(=O)OC(C)(C)C)C(=O)N(Cc1ccc(F)cc1)C1(C(=O)NC(C)(C)C)CCN(Cc2ccccc2)CC1. The summed E-state index contributed by atoms with van der Waals surface area (Å²) in [6.45, 7) is 12.2. The first kappa shape index (κ1) is 35.5. The lowest BCUT2D eigenvalue weighted by Gasteiger charge is -2.49. The van der Waals surface area contributed by atoms with Gasteiger partial charge in [-0.3, -0.25) is 19.3 Å². The number of amides is 3. The number of hydrogen-bond acceptors (Lipinski definition) is 7. The molecule has 1 aliphatic rings. The lowest BCUT2D eigenvalue weighted by molar-refractivity contribution is -0.156. The van der Waals surface area contributed by atoms with E-state index in [2.05, 4.69) is 15.5 Å². The Balaban J connectivity index is 2.06. The largest absolute Gasteiger partial charge is 0.469 e. The number of nitrogens with zero attached hydrogens (tertiary/aromatic N) is 2. The molecule has 0 radical (unpaired) electrons. The molecule has 2 N–H and O–H groups in total. The Hall–Kier alpha value is -3.99. The van der Waals surface area contributed by atoms with E-state index in [0.717, 1.165) is 5.56 Å². The third kappa shape index (κ3) is 10.6. The van der Waals surface area contributed by atoms with Gasteiger partial charge in [-0.1, -0.05) is 42.5 Å². The van der Waals surface area contributed by atoms with E-state index in [4.69, 9.17) is 9.47 Å². The Labute approximate surface area is 265 Å². The molecule has 3 amide bonds. The number of nitrogens with one attached hydrogen (secondary N) is 2. The summed E-state index contributed by atoms with van der Waals surface area (Å²) in [7, 11) is 1.19. The maximum absolute atomic E-state index is 14.6. The highest BCUT2D eigenvalue weighted by atomic mass is 19.1. The summed E-state index contributed by atoms with van der Waals surface area (Å²) in [6, 6.07) is 14.3. The van der Waals surface area contributed by atoms with Crippen molar-refractivity contribution in [2.24, 2.45) is 0 Å². The van der Waals surface area contributed by atoms with E-state index < -0.39 is 52.9 Å². The number of rotatable bonds is 10. The van der Waals surface area contributed by atoms with Crippen LogP contribution < -0.4 is 10.6 Å². The van der Waals surface area contributed by atoms with Gasteiger partial charge < -0.3 is 25.0 Å². The summed E-state index contributed by atoms with van der Waals surface area (Å²) in [5, 5.41) is 5.62. The van der Waals surface area contributed by atoms with Gasteiger partial charge in [0.25, 0.3) is 0 Å². The van der Waals surface area contributed by atoms with Crippen LogP contribution in [0.4, 0.5) is 9.18 Å². The highest BCUT2D eigenvalue weighted by Gasteiger charge is 2.50. The molecule has 11 heteroatoms. The number of alkyl carbamates (subject to hydrolysis) is 1. The zero-order chi connectivity index (χ0) is 33.4. The van der Waals surface area contributed by atoms with Crippen LogP contribution in [0.5, 0.6) is 0 Å². The number of hydrogen-bond donors (Lipinski definition) is 2. The maximum atomic E-state index is 14.6. The molecule has 2 aromatic rings. The Morgan fingerprint density at radius 2 is 1.53 bits per heavy atom. The molecule has 0 unspecified atom stereocenters. The van der Waals surface area contributed by atoms with E-state index in [1.807, 2.05) is 51.1 Å². The van der Waals surface area contributed by atoms with Crippen LogP contribution in [-0.4, -0.2) is 76.6 Å². The molecular formula is C34H47FN4O6. The van der Waals surface area contributed by atoms with Crippen molar-refractivity contribution in [3.8, 4) is 0 Å². The van der Waals surface area contributed by atoms with Gasteiger partial charge in [-0.15, -0.1) is 0 Å². The van der Waals surface area contributed by atoms with Crippen molar-refractivity contribution in [3.05, 3.63) is 71.5 Å². The molecule has 0 aromatic heterocycles. The van der Waals surface area contributed by atoms with Crippen molar-refractivity contribution >= 4 is 23.9 Å². The Morgan fingerprint density at radius 1 is 0.933 bits per heavy atom. The highest BCUT2D eigenvalue weighted by molar-refractivity contribution is 5.96. The second-order valence-corrected chi connectivity index (χ2v) is 13.5. The molecule has 0 bridgehead atoms. The van der Waals surface area contributed by atoms with Crippen LogP contribution in [0.2, 0.25) is 0 Å². The van der Waals surface area contributed by atoms with E-state index in [-0.39, 0.29) is 25.3 Å². The van der Waals surface area contributed by atoms with Crippen molar-refractivity contribution in [2.75, 3.05) is 20.2 Å². The number of benzene rings is 2. The second-order valence-electron chi connectivity index (χ2n) is 13.5. The minimum Gasteiger partial charge on any atom is -0.469 e. The van der Waals surface area contributed by atoms with E-state index in [1.54, 1.807) is 32.9 Å². The average molecular weight is 627 g/mol. The molecule has 0 aliphatic carbocycles. The van der Waals surface area contributed by atoms with Crippen molar-refractivity contribution < 1.29 is 33.0 Å². The fourth-order valence-corrected chi connectivity index (χ4v) is 5.30. The number of carbonyl (C=O) groups excluding carboxylic acids is 4. The summed E-state index contributed by atoms with van der Waals surface area (Å²) in [5.41, 5.74) is -1.13. The summed E-state index contributed by atoms with van der Waals surface area (Å²) in [6.07, 6.45) is -0.804. The Kier molecular flexibility index (Phi) is 11.7. The fraction of sp³-hybridized carbons (Fsp3) is 0.529. The zero-order valence-electron chi connectivity index (χ0n) is 27.4. The molecule has 10 nitrogen and oxygen atoms in total. The van der Waals surface area contributed by atoms with Gasteiger partial charge >= 0.3 is 12.1 Å². The molecule has 1 fully saturated rings. The molecule has 1 atom stereocenters. The number of ether oxygens (including phenoxy) is 2. The third-order valence-electron chi connectivity index (χ3n) is 7.47. The van der Waals surface area contributed by atoms with E-state index in [9.17, 15) is 23.6 Å². The smallest absolute Gasteiger partial charge is 0.408 e. The zero-order valence-corrected chi connectivity index (χ0v) is 27.4. The number of likely N-dealkylation sites (tertiary alicyclic amines) is 1. The monoisotopic (exact) mass is 626 g/mol. The quantitative estimate of drug-likeness (QED) is 0.372. The number of carbonyl (C=O) groups is 4. The van der Waals surface area contributed by atoms with Crippen LogP contribution in [0, 0.1) is 5.82 Å². The van der Waals surface area contributed by atoms with Crippen molar-refractivity contribution in [2.45, 2.75) is 96.6 Å². The van der Waals surface area contributed by atoms with Crippen LogP contribution in [-0.2, 0) is 36.9 Å². The summed E-state index contributed by atoms with van der Waals surface area (Å²) < 4.78 is 24.1. The highest BCUT2D eigenvalue weighted by Crippen LogP contribution is 2.34. The van der Waals surface area contributed by atoms with Crippen molar-refractivity contribution in [1.29, 1.82) is 0 Å². The van der Waals surface area contributed by atoms with Gasteiger partial charge in [-0.05, 0) is 77.6 Å². The van der Waals surface area contributed by atoms with Crippen LogP contribution in [0.1, 0.15) is 71.9 Å². The van der Waals surface area contributed by atoms with Crippen molar-refractivity contribution in [1.82, 2.24) is 20.4 Å². The summed E-state index contributed by atoms with van der Waals surface area (Å²) >= 11 is 0. The van der Waals surface area contributed by atoms with E-state index >= 15 is 0 Å². The molecule has 3 rings (SSSR count). The summed E-state index contributed by atoms with van der Waals surface area (Å²) in [5.74, 6) is -2.17. The number of halogens is 1. The molecule has 246 valence electrons. The van der Waals surface area contributed by atoms with Crippen LogP contribution >= 0.6 is 0 Å². The van der Waals surface area contributed by atoms with Crippen LogP contribution in [0.3, 0.4) is 0 Å². The molecule has 2 aromatic carbocycles. The number of piperidine rings is 1. The minimum absolute atomic E-state index is 0.0664. The first-order chi connectivity index (χ1) is 21.0. The Bertz CT molecular complexity index is 1310. The topological polar surface area (TPSA) is 117 Å². The summed E-state index contributed by atoms with van der Waals surface area (Å²) in [4.78, 5) is 57.9. The first-order valence-corrected chi connectivity index (χ1v) is 15.2. The molecular weight excluding hydrogens is 579 g/mol. The number of esters is 1. The average Bonchev–Trinajstić information content (AvgIpc) is 2.95. The standard InChI is InChI=1S/C34H47FN4O6/c1-32(2,3)37-30(42)34(17-19-38(20-18-34)22-24-11-9-8-10-12-24)39(23-25-13-15-26(35)16-14-25)29(41)27(21-28(40)44-7)36-31(43)45-33(4,5)6/h8-16,27H,17-23H2,1-7H3,(H,36,43)(H,37,42)/t27-/m0/s1. The van der Waals surface area contributed by atoms with Gasteiger partial charge in [-0.25, -0.2) is 9.18 Å². The van der Waals surface area contributed by atoms with Gasteiger partial charge in [-0.2, -0.15) is 0 Å². The van der Waals surface area contributed by atoms with Crippen LogP contribution in [0.25, 0.3) is 0 Å². The van der Waals surface area contributed by atoms with Crippen molar-refractivity contribution in [3.63, 3.8) is 0 Å². The fourth-order valence-electron chi connectivity index (χ4n) is 5.30. The van der Waals surface area contributed by atoms with E-state index in [0.29, 0.717) is 25.2 Å². The molecule has 1 saturated heterocycles. The normalized spacial score (nSPS) is 15.8. The maximum Gasteiger partial charge on any atom is 0.408 e. The van der Waals surface area contributed by atoms with Gasteiger partial charge in [0.1, 0.15) is 23.0 Å². The second kappa shape index (κ2) is 14.9. The number of methoxy groups -OCH3 is 1. The van der Waals surface area contributed by atoms with Gasteiger partial charge in [0, 0.05) is 31.7 Å². The van der Waals surface area contributed by atoms with Crippen LogP contribution in [0.15, 0.2) is 54.6 Å². The first-order valence-electron chi connectivity index (χ1n) is 15.2. The van der Waals surface area contributed by atoms with E-state index in [1.165, 1.54) is 24.1 Å². The molecule has 1 aliphatic heterocycles. The molecule has 45 heavy (non-hydrogen) atoms. The lowest BCUT2D eigenvalue weighted by Crippen LogP contribution is -2.68. The van der Waals surface area contributed by atoms with Gasteiger partial charge in [0.2, 0.25) is 11.8 Å². The third-order valence-corrected chi connectivity index (χ3v) is 7.47. The Morgan fingerprint density at radius 3 is 2.07 bits per heavy atom. The predicted molar refractivity (Wildman–Crippen MR) is 168 cm³/mol.